The molecule has 306 valence electrons. The van der Waals surface area contributed by atoms with E-state index in [2.05, 4.69) is 177 Å². The quantitative estimate of drug-likeness (QED) is 0.0856. The first-order chi connectivity index (χ1) is 29.3. The average molecular weight is 889 g/mol. The summed E-state index contributed by atoms with van der Waals surface area (Å²) in [6, 6.07) is 58.4. The number of ether oxygens (including phenoxy) is 1. The zero-order valence-electron chi connectivity index (χ0n) is 35.4. The number of nitrogens with zero attached hydrogens (tertiary/aromatic N) is 4. The molecule has 0 fully saturated rings. The van der Waals surface area contributed by atoms with Gasteiger partial charge in [0.25, 0.3) is 0 Å². The second kappa shape index (κ2) is 18.3. The van der Waals surface area contributed by atoms with Crippen LogP contribution in [0.4, 0.5) is 0 Å². The van der Waals surface area contributed by atoms with Crippen LogP contribution in [0, 0.1) is 30.9 Å². The Labute approximate surface area is 373 Å². The van der Waals surface area contributed by atoms with E-state index in [9.17, 15) is 0 Å². The molecule has 0 amide bonds. The molecule has 0 unspecified atom stereocenters. The van der Waals surface area contributed by atoms with Gasteiger partial charge in [-0.3, -0.25) is 4.68 Å². The van der Waals surface area contributed by atoms with Gasteiger partial charge in [0.05, 0.1) is 5.69 Å². The van der Waals surface area contributed by atoms with E-state index in [1.165, 1.54) is 39.1 Å². The van der Waals surface area contributed by atoms with Gasteiger partial charge < -0.3 is 9.30 Å². The van der Waals surface area contributed by atoms with Crippen molar-refractivity contribution < 1.29 is 25.2 Å². The summed E-state index contributed by atoms with van der Waals surface area (Å²) in [6.07, 6.45) is 5.63. The number of hydrogen-bond donors (Lipinski definition) is 0. The smallest absolute Gasteiger partial charge is 0.509 e. The van der Waals surface area contributed by atoms with Crippen LogP contribution in [0.25, 0.3) is 66.7 Å². The molecule has 0 spiro atoms. The number of fused-ring (bicyclic) bond motifs is 3. The molecule has 0 radical (unpaired) electrons. The van der Waals surface area contributed by atoms with Crippen molar-refractivity contribution in [1.82, 2.24) is 19.3 Å². The van der Waals surface area contributed by atoms with Gasteiger partial charge in [-0.1, -0.05) is 130 Å². The number of hydrogen-bond acceptors (Lipinski definition) is 3. The molecule has 5 nitrogen and oxygen atoms in total. The zero-order chi connectivity index (χ0) is 41.2. The van der Waals surface area contributed by atoms with Crippen molar-refractivity contribution in [1.29, 1.82) is 0 Å². The largest absolute Gasteiger partial charge is 2.00 e. The summed E-state index contributed by atoms with van der Waals surface area (Å²) >= 11 is 0. The fraction of sp³-hybridized carbons (Fsp3) is 0.200. The van der Waals surface area contributed by atoms with Gasteiger partial charge in [0.2, 0.25) is 0 Å². The molecule has 0 N–H and O–H groups in total. The molecule has 0 saturated heterocycles. The summed E-state index contributed by atoms with van der Waals surface area (Å²) < 4.78 is 11.0. The van der Waals surface area contributed by atoms with Gasteiger partial charge in [0.1, 0.15) is 5.82 Å². The van der Waals surface area contributed by atoms with E-state index in [-0.39, 0.29) is 20.4 Å². The first-order valence-electron chi connectivity index (χ1n) is 21.3. The third-order valence-electron chi connectivity index (χ3n) is 11.3. The van der Waals surface area contributed by atoms with Crippen molar-refractivity contribution in [3.8, 4) is 56.4 Å². The summed E-state index contributed by atoms with van der Waals surface area (Å²) in [4.78, 5) is 4.76. The summed E-state index contributed by atoms with van der Waals surface area (Å²) in [5, 5.41) is 7.79. The van der Waals surface area contributed by atoms with Gasteiger partial charge in [0, 0.05) is 40.0 Å². The standard InChI is InChI=1S/C55H50N4O.Pd/c1-37(2)26-30-49-55(54-45(40-16-8-6-9-17-40)23-15-24-46(54)41-18-10-7-11-19-41)51(31-27-38(3)4)59(57-49)42-20-14-21-43(35-42)60-44-28-29-48-47-22-12-13-25-50(47)58(52(48)36-44)53-34-39(5)32-33-56-53;/h6-25,28-29,32-34,37-38H,26-27,30-31H2,1-5H3;/q-2;+2. The van der Waals surface area contributed by atoms with Crippen LogP contribution < -0.4 is 4.74 Å². The number of aryl methyl sites for hydroxylation is 2. The Bertz CT molecular complexity index is 2870. The Morgan fingerprint density at radius 2 is 1.25 bits per heavy atom. The van der Waals surface area contributed by atoms with Crippen LogP contribution >= 0.6 is 0 Å². The third kappa shape index (κ3) is 8.62. The summed E-state index contributed by atoms with van der Waals surface area (Å²) in [6.45, 7) is 11.3. The van der Waals surface area contributed by atoms with Crippen LogP contribution in [0.15, 0.2) is 152 Å². The Morgan fingerprint density at radius 1 is 0.607 bits per heavy atom. The molecule has 61 heavy (non-hydrogen) atoms. The molecular formula is C55H50N4OPd. The van der Waals surface area contributed by atoms with E-state index >= 15 is 0 Å². The molecule has 0 aliphatic carbocycles. The zero-order valence-corrected chi connectivity index (χ0v) is 37.0. The van der Waals surface area contributed by atoms with Crippen molar-refractivity contribution >= 4 is 21.8 Å². The molecule has 0 aliphatic rings. The second-order valence-corrected chi connectivity index (χ2v) is 16.6. The number of benzene rings is 6. The van der Waals surface area contributed by atoms with E-state index in [0.29, 0.717) is 23.3 Å². The van der Waals surface area contributed by atoms with E-state index in [1.807, 2.05) is 30.5 Å². The van der Waals surface area contributed by atoms with Gasteiger partial charge in [-0.15, -0.1) is 35.7 Å². The van der Waals surface area contributed by atoms with Crippen molar-refractivity contribution in [2.45, 2.75) is 60.3 Å². The van der Waals surface area contributed by atoms with Crippen LogP contribution in [-0.2, 0) is 33.3 Å². The molecule has 3 heterocycles. The Kier molecular flexibility index (Phi) is 12.5. The SMILES string of the molecule is Cc1ccnc(-n2c3[c-]c(Oc4[c-]c(-n5nc(CCC(C)C)c(-c6c(-c7ccccc7)cccc6-c6ccccc6)c5CCC(C)C)ccc4)ccc3c3ccccc32)c1.[Pd+2]. The van der Waals surface area contributed by atoms with Gasteiger partial charge in [-0.05, 0) is 102 Å². The molecule has 0 atom stereocenters. The Balaban J connectivity index is 0.00000514. The van der Waals surface area contributed by atoms with Crippen molar-refractivity contribution in [2.75, 3.05) is 0 Å². The molecule has 0 saturated carbocycles. The van der Waals surface area contributed by atoms with Crippen LogP contribution in [0.3, 0.4) is 0 Å². The van der Waals surface area contributed by atoms with E-state index in [1.54, 1.807) is 0 Å². The molecule has 6 heteroatoms. The normalized spacial score (nSPS) is 11.5. The van der Waals surface area contributed by atoms with Crippen molar-refractivity contribution in [3.05, 3.63) is 181 Å². The minimum Gasteiger partial charge on any atom is -0.509 e. The van der Waals surface area contributed by atoms with Crippen molar-refractivity contribution in [3.63, 3.8) is 0 Å². The number of rotatable bonds is 13. The van der Waals surface area contributed by atoms with E-state index in [4.69, 9.17) is 14.8 Å². The molecule has 9 aromatic rings. The fourth-order valence-electron chi connectivity index (χ4n) is 8.34. The maximum Gasteiger partial charge on any atom is 2.00 e. The Morgan fingerprint density at radius 3 is 1.93 bits per heavy atom. The molecule has 9 rings (SSSR count). The fourth-order valence-corrected chi connectivity index (χ4v) is 8.34. The van der Waals surface area contributed by atoms with Crippen LogP contribution in [0.5, 0.6) is 11.5 Å². The second-order valence-electron chi connectivity index (χ2n) is 16.6. The number of aromatic nitrogens is 4. The molecule has 6 aromatic carbocycles. The average Bonchev–Trinajstić information content (AvgIpc) is 3.80. The first-order valence-corrected chi connectivity index (χ1v) is 21.3. The third-order valence-corrected chi connectivity index (χ3v) is 11.3. The van der Waals surface area contributed by atoms with E-state index in [0.717, 1.165) is 70.3 Å². The maximum absolute atomic E-state index is 6.67. The van der Waals surface area contributed by atoms with Gasteiger partial charge in [-0.2, -0.15) is 17.2 Å². The number of para-hydroxylation sites is 1. The topological polar surface area (TPSA) is 44.9 Å². The summed E-state index contributed by atoms with van der Waals surface area (Å²) in [7, 11) is 0. The minimum absolute atomic E-state index is 0. The predicted octanol–water partition coefficient (Wildman–Crippen LogP) is 14.2. The number of pyridine rings is 1. The molecule has 0 bridgehead atoms. The first kappa shape index (κ1) is 41.7. The van der Waals surface area contributed by atoms with Gasteiger partial charge >= 0.3 is 20.4 Å². The van der Waals surface area contributed by atoms with Crippen LogP contribution in [0.2, 0.25) is 0 Å². The molecule has 0 aliphatic heterocycles. The molecular weight excluding hydrogens is 839 g/mol. The Hall–Kier alpha value is -6.06. The maximum atomic E-state index is 6.67. The van der Waals surface area contributed by atoms with Crippen LogP contribution in [-0.4, -0.2) is 19.3 Å². The van der Waals surface area contributed by atoms with Gasteiger partial charge in [0.15, 0.2) is 0 Å². The summed E-state index contributed by atoms with van der Waals surface area (Å²) in [5.74, 6) is 3.09. The van der Waals surface area contributed by atoms with Crippen LogP contribution in [0.1, 0.15) is 57.5 Å². The predicted molar refractivity (Wildman–Crippen MR) is 247 cm³/mol. The van der Waals surface area contributed by atoms with Gasteiger partial charge in [-0.25, -0.2) is 4.98 Å². The summed E-state index contributed by atoms with van der Waals surface area (Å²) in [5.41, 5.74) is 13.5. The van der Waals surface area contributed by atoms with Crippen molar-refractivity contribution in [2.24, 2.45) is 11.8 Å². The molecule has 3 aromatic heterocycles. The minimum atomic E-state index is 0. The van der Waals surface area contributed by atoms with E-state index < -0.39 is 0 Å². The monoisotopic (exact) mass is 888 g/mol.